The Bertz CT molecular complexity index is 1770. The molecule has 18 nitrogen and oxygen atoms in total. The monoisotopic (exact) mass is 760 g/mol. The summed E-state index contributed by atoms with van der Waals surface area (Å²) in [4.78, 5) is 50.1. The van der Waals surface area contributed by atoms with Gasteiger partial charge in [-0.3, -0.25) is 9.59 Å². The number of ether oxygens (including phenoxy) is 7. The summed E-state index contributed by atoms with van der Waals surface area (Å²) in [7, 11) is 1.09. The summed E-state index contributed by atoms with van der Waals surface area (Å²) >= 11 is 0. The Balaban J connectivity index is 1.49. The highest BCUT2D eigenvalue weighted by molar-refractivity contribution is 5.91. The van der Waals surface area contributed by atoms with E-state index in [1.807, 2.05) is 0 Å². The van der Waals surface area contributed by atoms with Crippen LogP contribution in [0.1, 0.15) is 24.5 Å². The molecular weight excluding hydrogens is 720 g/mol. The van der Waals surface area contributed by atoms with E-state index in [1.165, 1.54) is 48.6 Å². The average Bonchev–Trinajstić information content (AvgIpc) is 3.13. The van der Waals surface area contributed by atoms with Crippen molar-refractivity contribution in [3.05, 3.63) is 77.1 Å². The Morgan fingerprint density at radius 2 is 1.61 bits per heavy atom. The third-order valence-electron chi connectivity index (χ3n) is 8.18. The van der Waals surface area contributed by atoms with Crippen LogP contribution in [-0.4, -0.2) is 124 Å². The van der Waals surface area contributed by atoms with E-state index in [0.717, 1.165) is 26.4 Å². The van der Waals surface area contributed by atoms with Crippen LogP contribution in [0.3, 0.4) is 0 Å². The number of aliphatic hydroxyl groups is 3. The van der Waals surface area contributed by atoms with Gasteiger partial charge in [-0.2, -0.15) is 0 Å². The summed E-state index contributed by atoms with van der Waals surface area (Å²) in [5.74, 6) is -6.13. The fourth-order valence-electron chi connectivity index (χ4n) is 5.49. The first-order valence-electron chi connectivity index (χ1n) is 16.3. The molecule has 292 valence electrons. The van der Waals surface area contributed by atoms with Gasteiger partial charge in [0.15, 0.2) is 35.4 Å². The van der Waals surface area contributed by atoms with Crippen LogP contribution in [0.25, 0.3) is 6.08 Å². The van der Waals surface area contributed by atoms with E-state index in [4.69, 9.17) is 33.2 Å². The number of aliphatic hydroxyl groups excluding tert-OH is 3. The molecule has 0 bridgehead atoms. The first-order valence-corrected chi connectivity index (χ1v) is 16.3. The Hall–Kier alpha value is -5.66. The summed E-state index contributed by atoms with van der Waals surface area (Å²) in [5.41, 5.74) is 0.737. The lowest BCUT2D eigenvalue weighted by atomic mass is 9.86. The molecule has 0 saturated carbocycles. The second kappa shape index (κ2) is 18.9. The second-order valence-corrected chi connectivity index (χ2v) is 11.9. The fourth-order valence-corrected chi connectivity index (χ4v) is 5.49. The van der Waals surface area contributed by atoms with Gasteiger partial charge >= 0.3 is 23.9 Å². The minimum atomic E-state index is -1.87. The molecule has 0 spiro atoms. The molecule has 2 aliphatic heterocycles. The summed E-state index contributed by atoms with van der Waals surface area (Å²) in [6.45, 7) is -0.408. The SMILES string of the molecule is COC(=O)C1=CO[C@@H](O[C@@H]2O[C@H](COC(=O)C=Cc3ccc(O)c(O)c3)[C@@H](O)[C@H](OC(C)=O)[C@H]2O)C(=CCO)[C@@H]1CC(=O)OCCc1ccc(O)c(O)c1. The first-order chi connectivity index (χ1) is 25.7. The zero-order valence-electron chi connectivity index (χ0n) is 29.0. The van der Waals surface area contributed by atoms with E-state index in [0.29, 0.717) is 11.1 Å². The maximum Gasteiger partial charge on any atom is 0.337 e. The van der Waals surface area contributed by atoms with Crippen molar-refractivity contribution in [1.29, 1.82) is 0 Å². The van der Waals surface area contributed by atoms with Crippen molar-refractivity contribution in [3.63, 3.8) is 0 Å². The molecule has 0 aromatic heterocycles. The third-order valence-corrected chi connectivity index (χ3v) is 8.18. The Kier molecular flexibility index (Phi) is 14.4. The van der Waals surface area contributed by atoms with E-state index in [9.17, 15) is 54.9 Å². The average molecular weight is 761 g/mol. The zero-order chi connectivity index (χ0) is 39.5. The van der Waals surface area contributed by atoms with Crippen LogP contribution in [-0.2, 0) is 58.8 Å². The maximum absolute atomic E-state index is 13.0. The standard InChI is InChI=1S/C36H40O18/c1-18(38)52-33-31(45)28(17-50-29(43)8-5-19-3-6-24(39)26(41)13-19)53-36(32(33)46)54-35-21(9-11-37)22(23(16-51-35)34(47)48-2)15-30(44)49-12-10-20-4-7-25(40)27(42)14-20/h3-9,13-14,16,22,28,31-33,35-37,39-42,45-46H,10-12,15,17H2,1-2H3/t22-,28+,31+,32+,33-,35-,36-/m0/s1. The molecule has 1 fully saturated rings. The van der Waals surface area contributed by atoms with E-state index >= 15 is 0 Å². The van der Waals surface area contributed by atoms with Crippen LogP contribution in [0.15, 0.2) is 66.0 Å². The molecule has 7 N–H and O–H groups in total. The van der Waals surface area contributed by atoms with Crippen LogP contribution in [0.5, 0.6) is 23.0 Å². The van der Waals surface area contributed by atoms with Gasteiger partial charge < -0.3 is 68.9 Å². The molecule has 1 saturated heterocycles. The number of aromatic hydroxyl groups is 4. The molecule has 0 amide bonds. The van der Waals surface area contributed by atoms with Crippen molar-refractivity contribution in [2.75, 3.05) is 26.9 Å². The lowest BCUT2D eigenvalue weighted by molar-refractivity contribution is -0.329. The molecular formula is C36H40O18. The quantitative estimate of drug-likeness (QED) is 0.0456. The number of phenolic OH excluding ortho intramolecular Hbond substituents is 4. The van der Waals surface area contributed by atoms with Crippen molar-refractivity contribution in [3.8, 4) is 23.0 Å². The number of carbonyl (C=O) groups is 4. The predicted molar refractivity (Wildman–Crippen MR) is 180 cm³/mol. The normalized spacial score (nSPS) is 24.6. The number of methoxy groups -OCH3 is 1. The molecule has 54 heavy (non-hydrogen) atoms. The highest BCUT2D eigenvalue weighted by atomic mass is 16.8. The third kappa shape index (κ3) is 10.7. The molecule has 2 aliphatic rings. The van der Waals surface area contributed by atoms with Gasteiger partial charge in [0.25, 0.3) is 0 Å². The maximum atomic E-state index is 13.0. The number of phenols is 4. The van der Waals surface area contributed by atoms with Gasteiger partial charge in [-0.05, 0) is 41.5 Å². The molecule has 0 unspecified atom stereocenters. The fraction of sp³-hybridized carbons (Fsp3) is 0.389. The van der Waals surface area contributed by atoms with Crippen LogP contribution in [0.4, 0.5) is 0 Å². The van der Waals surface area contributed by atoms with Crippen molar-refractivity contribution in [2.45, 2.75) is 56.8 Å². The Labute approximate surface area is 307 Å². The predicted octanol–water partition coefficient (Wildman–Crippen LogP) is 0.584. The smallest absolute Gasteiger partial charge is 0.337 e. The summed E-state index contributed by atoms with van der Waals surface area (Å²) in [6, 6.07) is 7.91. The van der Waals surface area contributed by atoms with Crippen molar-refractivity contribution in [2.24, 2.45) is 5.92 Å². The van der Waals surface area contributed by atoms with E-state index in [2.05, 4.69) is 0 Å². The Morgan fingerprint density at radius 3 is 2.26 bits per heavy atom. The van der Waals surface area contributed by atoms with Gasteiger partial charge in [-0.15, -0.1) is 0 Å². The Morgan fingerprint density at radius 1 is 0.907 bits per heavy atom. The number of hydrogen-bond donors (Lipinski definition) is 7. The number of hydrogen-bond acceptors (Lipinski definition) is 18. The number of carbonyl (C=O) groups excluding carboxylic acids is 4. The van der Waals surface area contributed by atoms with E-state index < -0.39 is 92.2 Å². The van der Waals surface area contributed by atoms with Gasteiger partial charge in [0.2, 0.25) is 6.29 Å². The topological polar surface area (TPSA) is 274 Å². The number of benzene rings is 2. The molecule has 4 rings (SSSR count). The molecule has 0 radical (unpaired) electrons. The molecule has 7 atom stereocenters. The lowest BCUT2D eigenvalue weighted by Crippen LogP contribution is -2.61. The summed E-state index contributed by atoms with van der Waals surface area (Å²) < 4.78 is 37.8. The lowest BCUT2D eigenvalue weighted by Gasteiger charge is -2.43. The largest absolute Gasteiger partial charge is 0.504 e. The van der Waals surface area contributed by atoms with Gasteiger partial charge in [-0.25, -0.2) is 9.59 Å². The number of esters is 4. The van der Waals surface area contributed by atoms with E-state index in [-0.39, 0.29) is 41.4 Å². The van der Waals surface area contributed by atoms with Gasteiger partial charge in [-0.1, -0.05) is 18.2 Å². The minimum Gasteiger partial charge on any atom is -0.504 e. The highest BCUT2D eigenvalue weighted by Crippen LogP contribution is 2.37. The van der Waals surface area contributed by atoms with Crippen molar-refractivity contribution < 1.29 is 88.1 Å². The summed E-state index contributed by atoms with van der Waals surface area (Å²) in [5, 5.41) is 70.3. The molecule has 2 aromatic carbocycles. The second-order valence-electron chi connectivity index (χ2n) is 11.9. The van der Waals surface area contributed by atoms with E-state index in [1.54, 1.807) is 0 Å². The van der Waals surface area contributed by atoms with Crippen LogP contribution >= 0.6 is 0 Å². The van der Waals surface area contributed by atoms with Gasteiger partial charge in [0.05, 0.1) is 38.6 Å². The van der Waals surface area contributed by atoms with Gasteiger partial charge in [0, 0.05) is 30.9 Å². The molecule has 18 heteroatoms. The summed E-state index contributed by atoms with van der Waals surface area (Å²) in [6.07, 6.45) is -6.00. The van der Waals surface area contributed by atoms with Gasteiger partial charge in [0.1, 0.15) is 24.9 Å². The number of rotatable bonds is 14. The highest BCUT2D eigenvalue weighted by Gasteiger charge is 2.49. The molecule has 0 aliphatic carbocycles. The van der Waals surface area contributed by atoms with Crippen LogP contribution in [0, 0.1) is 5.92 Å². The molecule has 2 heterocycles. The van der Waals surface area contributed by atoms with Crippen LogP contribution < -0.4 is 0 Å². The first kappa shape index (κ1) is 41.1. The minimum absolute atomic E-state index is 0.000137. The van der Waals surface area contributed by atoms with Crippen LogP contribution in [0.2, 0.25) is 0 Å². The van der Waals surface area contributed by atoms with Crippen molar-refractivity contribution >= 4 is 30.0 Å². The van der Waals surface area contributed by atoms with Crippen molar-refractivity contribution in [1.82, 2.24) is 0 Å². The zero-order valence-corrected chi connectivity index (χ0v) is 29.0. The molecule has 2 aromatic rings.